The van der Waals surface area contributed by atoms with Crippen LogP contribution in [0, 0.1) is 0 Å². The zero-order chi connectivity index (χ0) is 15.4. The zero-order valence-corrected chi connectivity index (χ0v) is 16.1. The van der Waals surface area contributed by atoms with Gasteiger partial charge in [0, 0.05) is 0 Å². The fraction of sp³-hybridized carbons (Fsp3) is 1.00. The first kappa shape index (κ1) is 20.4. The molecule has 0 nitrogen and oxygen atoms in total. The van der Waals surface area contributed by atoms with E-state index in [2.05, 4.69) is 41.5 Å². The van der Waals surface area contributed by atoms with Crippen LogP contribution in [0.2, 0.25) is 0 Å². The monoisotopic (exact) mass is 300 g/mol. The second-order valence-electron chi connectivity index (χ2n) is 6.71. The quantitative estimate of drug-likeness (QED) is 0.307. The van der Waals surface area contributed by atoms with Gasteiger partial charge < -0.3 is 0 Å². The average Bonchev–Trinajstić information content (AvgIpc) is 2.42. The Morgan fingerprint density at radius 2 is 1.00 bits per heavy atom. The van der Waals surface area contributed by atoms with Crippen molar-refractivity contribution in [2.75, 3.05) is 0 Å². The molecule has 0 bridgehead atoms. The van der Waals surface area contributed by atoms with E-state index in [-0.39, 0.29) is 7.92 Å². The van der Waals surface area contributed by atoms with Gasteiger partial charge in [0.2, 0.25) is 0 Å². The molecule has 0 aromatic heterocycles. The van der Waals surface area contributed by atoms with Crippen molar-refractivity contribution in [2.45, 2.75) is 123 Å². The van der Waals surface area contributed by atoms with Crippen LogP contribution in [0.15, 0.2) is 0 Å². The molecule has 0 aromatic carbocycles. The second-order valence-corrected chi connectivity index (χ2v) is 10.1. The summed E-state index contributed by atoms with van der Waals surface area (Å²) in [6.45, 7) is 14.5. The van der Waals surface area contributed by atoms with E-state index in [4.69, 9.17) is 0 Å². The smallest absolute Gasteiger partial charge is 0.0204 e. The topological polar surface area (TPSA) is 0 Å². The molecular weight excluding hydrogens is 259 g/mol. The molecule has 2 unspecified atom stereocenters. The van der Waals surface area contributed by atoms with E-state index in [1.54, 1.807) is 0 Å². The summed E-state index contributed by atoms with van der Waals surface area (Å²) in [6.07, 6.45) is 14.4. The molecule has 0 N–H and O–H groups in total. The average molecular weight is 301 g/mol. The molecule has 0 spiro atoms. The minimum absolute atomic E-state index is 0.218. The summed E-state index contributed by atoms with van der Waals surface area (Å²) >= 11 is 0. The molecule has 0 saturated carbocycles. The Bertz CT molecular complexity index is 182. The fourth-order valence-electron chi connectivity index (χ4n) is 3.57. The van der Waals surface area contributed by atoms with E-state index in [9.17, 15) is 0 Å². The third-order valence-electron chi connectivity index (χ3n) is 4.47. The second kappa shape index (κ2) is 13.1. The molecule has 0 aromatic rings. The molecule has 0 rings (SSSR count). The summed E-state index contributed by atoms with van der Waals surface area (Å²) in [7, 11) is 0.218. The molecule has 0 saturated heterocycles. The highest BCUT2D eigenvalue weighted by atomic mass is 31.1. The maximum Gasteiger partial charge on any atom is -0.0204 e. The van der Waals surface area contributed by atoms with Crippen molar-refractivity contribution in [2.24, 2.45) is 0 Å². The van der Waals surface area contributed by atoms with Crippen LogP contribution in [0.4, 0.5) is 0 Å². The van der Waals surface area contributed by atoms with E-state index in [1.807, 2.05) is 0 Å². The fourth-order valence-corrected chi connectivity index (χ4v) is 7.93. The highest BCUT2D eigenvalue weighted by Gasteiger charge is 2.29. The Balaban J connectivity index is 4.87. The van der Waals surface area contributed by atoms with Gasteiger partial charge in [0.05, 0.1) is 0 Å². The summed E-state index contributed by atoms with van der Waals surface area (Å²) in [6, 6.07) is 0. The highest BCUT2D eigenvalue weighted by molar-refractivity contribution is 7.59. The number of rotatable bonds is 13. The first-order valence-corrected chi connectivity index (χ1v) is 10.9. The summed E-state index contributed by atoms with van der Waals surface area (Å²) in [5, 5.41) is 0. The van der Waals surface area contributed by atoms with Gasteiger partial charge in [0.15, 0.2) is 0 Å². The van der Waals surface area contributed by atoms with Crippen LogP contribution in [0.3, 0.4) is 0 Å². The lowest BCUT2D eigenvalue weighted by atomic mass is 10.1. The van der Waals surface area contributed by atoms with E-state index in [1.165, 1.54) is 64.2 Å². The van der Waals surface area contributed by atoms with Gasteiger partial charge in [-0.15, -0.1) is 0 Å². The van der Waals surface area contributed by atoms with Gasteiger partial charge in [-0.1, -0.05) is 88.0 Å². The third-order valence-corrected chi connectivity index (χ3v) is 8.38. The third kappa shape index (κ3) is 8.02. The molecule has 0 heterocycles. The Hall–Kier alpha value is 0.430. The predicted molar refractivity (Wildman–Crippen MR) is 98.5 cm³/mol. The molecule has 20 heavy (non-hydrogen) atoms. The summed E-state index contributed by atoms with van der Waals surface area (Å²) in [4.78, 5) is 0. The molecule has 1 heteroatoms. The van der Waals surface area contributed by atoms with Crippen molar-refractivity contribution in [3.05, 3.63) is 0 Å². The van der Waals surface area contributed by atoms with Crippen LogP contribution in [0.1, 0.15) is 106 Å². The Labute approximate surface area is 131 Å². The maximum absolute atomic E-state index is 2.51. The molecule has 0 radical (unpaired) electrons. The van der Waals surface area contributed by atoms with Crippen LogP contribution in [-0.4, -0.2) is 17.0 Å². The van der Waals surface area contributed by atoms with E-state index < -0.39 is 0 Å². The molecule has 2 atom stereocenters. The van der Waals surface area contributed by atoms with Crippen molar-refractivity contribution in [3.63, 3.8) is 0 Å². The Morgan fingerprint density at radius 1 is 0.600 bits per heavy atom. The minimum atomic E-state index is 0.218. The van der Waals surface area contributed by atoms with Crippen molar-refractivity contribution in [1.29, 1.82) is 0 Å². The SMILES string of the molecule is CCCCC(CCC)P(C(C)C)C(CCC)CCCC. The van der Waals surface area contributed by atoms with Gasteiger partial charge in [-0.25, -0.2) is 0 Å². The van der Waals surface area contributed by atoms with E-state index in [0.717, 1.165) is 17.0 Å². The van der Waals surface area contributed by atoms with Crippen molar-refractivity contribution in [1.82, 2.24) is 0 Å². The Kier molecular flexibility index (Phi) is 13.4. The summed E-state index contributed by atoms with van der Waals surface area (Å²) in [5.41, 5.74) is 3.01. The van der Waals surface area contributed by atoms with Crippen molar-refractivity contribution >= 4 is 7.92 Å². The van der Waals surface area contributed by atoms with Gasteiger partial charge >= 0.3 is 0 Å². The molecule has 0 amide bonds. The molecule has 0 fully saturated rings. The molecule has 0 aliphatic heterocycles. The first-order valence-electron chi connectivity index (χ1n) is 9.39. The van der Waals surface area contributed by atoms with Gasteiger partial charge in [-0.2, -0.15) is 0 Å². The lowest BCUT2D eigenvalue weighted by molar-refractivity contribution is 0.592. The molecule has 0 aliphatic carbocycles. The van der Waals surface area contributed by atoms with Crippen LogP contribution in [0.5, 0.6) is 0 Å². The van der Waals surface area contributed by atoms with Gasteiger partial charge in [0.25, 0.3) is 0 Å². The van der Waals surface area contributed by atoms with Crippen molar-refractivity contribution < 1.29 is 0 Å². The highest BCUT2D eigenvalue weighted by Crippen LogP contribution is 2.56. The van der Waals surface area contributed by atoms with Gasteiger partial charge in [-0.3, -0.25) is 0 Å². The standard InChI is InChI=1S/C19H41P/c1-7-11-15-18(13-9-3)20(17(5)6)19(14-10-4)16-12-8-2/h17-19H,7-16H2,1-6H3. The Morgan fingerprint density at radius 3 is 1.25 bits per heavy atom. The van der Waals surface area contributed by atoms with Crippen molar-refractivity contribution in [3.8, 4) is 0 Å². The minimum Gasteiger partial charge on any atom is -0.0977 e. The molecular formula is C19H41P. The number of unbranched alkanes of at least 4 members (excludes halogenated alkanes) is 2. The van der Waals surface area contributed by atoms with Crippen LogP contribution < -0.4 is 0 Å². The summed E-state index contributed by atoms with van der Waals surface area (Å²) in [5.74, 6) is 0. The predicted octanol–water partition coefficient (Wildman–Crippen LogP) is 7.59. The number of hydrogen-bond acceptors (Lipinski definition) is 0. The zero-order valence-electron chi connectivity index (χ0n) is 15.3. The normalized spacial score (nSPS) is 16.4. The number of hydrogen-bond donors (Lipinski definition) is 0. The van der Waals surface area contributed by atoms with Crippen LogP contribution in [0.25, 0.3) is 0 Å². The maximum atomic E-state index is 2.51. The van der Waals surface area contributed by atoms with Crippen LogP contribution >= 0.6 is 7.92 Å². The van der Waals surface area contributed by atoms with Crippen LogP contribution in [-0.2, 0) is 0 Å². The largest absolute Gasteiger partial charge is 0.0977 e. The molecule has 122 valence electrons. The van der Waals surface area contributed by atoms with E-state index >= 15 is 0 Å². The van der Waals surface area contributed by atoms with Gasteiger partial charge in [0.1, 0.15) is 0 Å². The molecule has 0 aliphatic rings. The lowest BCUT2D eigenvalue weighted by Crippen LogP contribution is -2.21. The van der Waals surface area contributed by atoms with E-state index in [0.29, 0.717) is 0 Å². The lowest BCUT2D eigenvalue weighted by Gasteiger charge is -2.38. The first-order chi connectivity index (χ1) is 9.62. The summed E-state index contributed by atoms with van der Waals surface area (Å²) < 4.78 is 0. The van der Waals surface area contributed by atoms with Gasteiger partial charge in [-0.05, 0) is 42.7 Å².